The van der Waals surface area contributed by atoms with Crippen molar-refractivity contribution in [1.29, 1.82) is 0 Å². The highest BCUT2D eigenvalue weighted by molar-refractivity contribution is 6.03. The minimum atomic E-state index is -0.317. The fourth-order valence-corrected chi connectivity index (χ4v) is 3.95. The molecule has 170 valence electrons. The van der Waals surface area contributed by atoms with E-state index in [1.807, 2.05) is 73.1 Å². The van der Waals surface area contributed by atoms with Crippen LogP contribution >= 0.6 is 0 Å². The Morgan fingerprint density at radius 3 is 2.53 bits per heavy atom. The van der Waals surface area contributed by atoms with E-state index in [0.29, 0.717) is 18.0 Å². The van der Waals surface area contributed by atoms with Gasteiger partial charge in [-0.25, -0.2) is 0 Å². The van der Waals surface area contributed by atoms with Crippen LogP contribution in [0.25, 0.3) is 10.8 Å². The highest BCUT2D eigenvalue weighted by Gasteiger charge is 2.18. The molecule has 0 spiro atoms. The SMILES string of the molecule is Cc1nn(Cc2ccccc2)c(C)c1NC(=O)c1ccc(COc2ccc3ccccc3c2)o1. The minimum absolute atomic E-state index is 0.228. The van der Waals surface area contributed by atoms with Gasteiger partial charge in [0.05, 0.1) is 23.6 Å². The molecule has 0 unspecified atom stereocenters. The van der Waals surface area contributed by atoms with E-state index in [4.69, 9.17) is 9.15 Å². The molecule has 0 bridgehead atoms. The summed E-state index contributed by atoms with van der Waals surface area (Å²) in [5.74, 6) is 1.24. The van der Waals surface area contributed by atoms with Crippen molar-refractivity contribution in [3.63, 3.8) is 0 Å². The average Bonchev–Trinajstić information content (AvgIpc) is 3.44. The lowest BCUT2D eigenvalue weighted by molar-refractivity contribution is 0.0992. The van der Waals surface area contributed by atoms with Gasteiger partial charge in [0.2, 0.25) is 0 Å². The number of nitrogens with one attached hydrogen (secondary N) is 1. The molecule has 0 aliphatic heterocycles. The van der Waals surface area contributed by atoms with Crippen LogP contribution < -0.4 is 10.1 Å². The highest BCUT2D eigenvalue weighted by Crippen LogP contribution is 2.23. The fraction of sp³-hybridized carbons (Fsp3) is 0.143. The van der Waals surface area contributed by atoms with Crippen molar-refractivity contribution in [3.8, 4) is 5.75 Å². The van der Waals surface area contributed by atoms with Gasteiger partial charge in [0.25, 0.3) is 5.91 Å². The summed E-state index contributed by atoms with van der Waals surface area (Å²) in [7, 11) is 0. The quantitative estimate of drug-likeness (QED) is 0.323. The second-order valence-electron chi connectivity index (χ2n) is 8.21. The first-order valence-electron chi connectivity index (χ1n) is 11.2. The van der Waals surface area contributed by atoms with Gasteiger partial charge in [0.15, 0.2) is 5.76 Å². The lowest BCUT2D eigenvalue weighted by Crippen LogP contribution is -2.12. The number of benzene rings is 3. The van der Waals surface area contributed by atoms with Gasteiger partial charge in [-0.2, -0.15) is 5.10 Å². The summed E-state index contributed by atoms with van der Waals surface area (Å²) in [5.41, 5.74) is 3.49. The second-order valence-corrected chi connectivity index (χ2v) is 8.21. The van der Waals surface area contributed by atoms with Crippen molar-refractivity contribution >= 4 is 22.4 Å². The van der Waals surface area contributed by atoms with Crippen LogP contribution in [0.3, 0.4) is 0 Å². The molecule has 0 saturated carbocycles. The van der Waals surface area contributed by atoms with Gasteiger partial charge in [-0.15, -0.1) is 0 Å². The predicted molar refractivity (Wildman–Crippen MR) is 132 cm³/mol. The number of carbonyl (C=O) groups is 1. The van der Waals surface area contributed by atoms with E-state index < -0.39 is 0 Å². The van der Waals surface area contributed by atoms with E-state index in [1.54, 1.807) is 12.1 Å². The van der Waals surface area contributed by atoms with Crippen LogP contribution in [0, 0.1) is 13.8 Å². The monoisotopic (exact) mass is 451 g/mol. The van der Waals surface area contributed by atoms with Crippen LogP contribution in [0.2, 0.25) is 0 Å². The Balaban J connectivity index is 1.24. The zero-order valence-corrected chi connectivity index (χ0v) is 19.1. The Bertz CT molecular complexity index is 1450. The summed E-state index contributed by atoms with van der Waals surface area (Å²) in [5, 5.41) is 9.81. The van der Waals surface area contributed by atoms with Crippen LogP contribution in [0.5, 0.6) is 5.75 Å². The molecule has 0 aliphatic rings. The lowest BCUT2D eigenvalue weighted by atomic mass is 10.1. The number of aromatic nitrogens is 2. The van der Waals surface area contributed by atoms with E-state index in [1.165, 1.54) is 0 Å². The van der Waals surface area contributed by atoms with E-state index >= 15 is 0 Å². The number of hydrogen-bond acceptors (Lipinski definition) is 4. The van der Waals surface area contributed by atoms with Crippen molar-refractivity contribution in [3.05, 3.63) is 113 Å². The highest BCUT2D eigenvalue weighted by atomic mass is 16.5. The number of fused-ring (bicyclic) bond motifs is 1. The largest absolute Gasteiger partial charge is 0.486 e. The normalized spacial score (nSPS) is 11.0. The van der Waals surface area contributed by atoms with Gasteiger partial charge in [0, 0.05) is 0 Å². The molecule has 0 radical (unpaired) electrons. The number of aryl methyl sites for hydroxylation is 1. The molecule has 6 nitrogen and oxygen atoms in total. The Labute approximate surface area is 197 Å². The third-order valence-electron chi connectivity index (χ3n) is 5.78. The van der Waals surface area contributed by atoms with Crippen LogP contribution in [0.15, 0.2) is 89.3 Å². The maximum absolute atomic E-state index is 12.8. The number of anilines is 1. The zero-order valence-electron chi connectivity index (χ0n) is 19.1. The molecule has 34 heavy (non-hydrogen) atoms. The third-order valence-corrected chi connectivity index (χ3v) is 5.78. The number of nitrogens with zero attached hydrogens (tertiary/aromatic N) is 2. The molecule has 3 aromatic carbocycles. The van der Waals surface area contributed by atoms with Crippen LogP contribution in [0.4, 0.5) is 5.69 Å². The van der Waals surface area contributed by atoms with Crippen molar-refractivity contribution < 1.29 is 13.9 Å². The summed E-state index contributed by atoms with van der Waals surface area (Å²) in [6, 6.07) is 27.6. The molecule has 5 rings (SSSR count). The van der Waals surface area contributed by atoms with Crippen molar-refractivity contribution in [2.24, 2.45) is 0 Å². The van der Waals surface area contributed by atoms with E-state index in [2.05, 4.69) is 28.6 Å². The second kappa shape index (κ2) is 9.27. The lowest BCUT2D eigenvalue weighted by Gasteiger charge is -2.07. The summed E-state index contributed by atoms with van der Waals surface area (Å²) in [6.45, 7) is 4.71. The molecule has 5 aromatic rings. The summed E-state index contributed by atoms with van der Waals surface area (Å²) < 4.78 is 13.5. The van der Waals surface area contributed by atoms with Gasteiger partial charge in [0.1, 0.15) is 18.1 Å². The molecule has 6 heteroatoms. The Hall–Kier alpha value is -4.32. The van der Waals surface area contributed by atoms with Gasteiger partial charge in [-0.05, 0) is 54.4 Å². The number of amides is 1. The first-order chi connectivity index (χ1) is 16.6. The molecule has 0 atom stereocenters. The first kappa shape index (κ1) is 21.5. The summed E-state index contributed by atoms with van der Waals surface area (Å²) >= 11 is 0. The zero-order chi connectivity index (χ0) is 23.5. The minimum Gasteiger partial charge on any atom is -0.486 e. The Kier molecular flexibility index (Phi) is 5.87. The van der Waals surface area contributed by atoms with Crippen LogP contribution in [-0.2, 0) is 13.2 Å². The predicted octanol–water partition coefficient (Wildman–Crippen LogP) is 6.13. The summed E-state index contributed by atoms with van der Waals surface area (Å²) in [6.07, 6.45) is 0. The molecule has 2 aromatic heterocycles. The van der Waals surface area contributed by atoms with Gasteiger partial charge in [-0.1, -0.05) is 60.7 Å². The van der Waals surface area contributed by atoms with Gasteiger partial charge < -0.3 is 14.5 Å². The molecule has 1 N–H and O–H groups in total. The number of ether oxygens (including phenoxy) is 1. The van der Waals surface area contributed by atoms with Crippen molar-refractivity contribution in [2.75, 3.05) is 5.32 Å². The van der Waals surface area contributed by atoms with Crippen LogP contribution in [-0.4, -0.2) is 15.7 Å². The topological polar surface area (TPSA) is 69.3 Å². The fourth-order valence-electron chi connectivity index (χ4n) is 3.95. The van der Waals surface area contributed by atoms with Gasteiger partial charge in [-0.3, -0.25) is 9.48 Å². The Morgan fingerprint density at radius 2 is 1.71 bits per heavy atom. The number of rotatable bonds is 7. The molecule has 0 fully saturated rings. The number of hydrogen-bond donors (Lipinski definition) is 1. The molecular weight excluding hydrogens is 426 g/mol. The third kappa shape index (κ3) is 4.57. The standard InChI is InChI=1S/C28H25N3O3/c1-19-27(20(2)31(30-19)17-21-8-4-3-5-9-21)29-28(32)26-15-14-25(34-26)18-33-24-13-12-22-10-6-7-11-23(22)16-24/h3-16H,17-18H2,1-2H3,(H,29,32). The first-order valence-corrected chi connectivity index (χ1v) is 11.2. The number of furan rings is 1. The average molecular weight is 452 g/mol. The van der Waals surface area contributed by atoms with Gasteiger partial charge >= 0.3 is 0 Å². The summed E-state index contributed by atoms with van der Waals surface area (Å²) in [4.78, 5) is 12.8. The molecule has 1 amide bonds. The maximum atomic E-state index is 12.8. The molecule has 0 aliphatic carbocycles. The maximum Gasteiger partial charge on any atom is 0.291 e. The van der Waals surface area contributed by atoms with E-state index in [-0.39, 0.29) is 18.3 Å². The molecular formula is C28H25N3O3. The van der Waals surface area contributed by atoms with Crippen LogP contribution in [0.1, 0.15) is 33.3 Å². The van der Waals surface area contributed by atoms with E-state index in [0.717, 1.165) is 33.5 Å². The Morgan fingerprint density at radius 1 is 0.941 bits per heavy atom. The molecule has 0 saturated heterocycles. The smallest absolute Gasteiger partial charge is 0.291 e. The molecule has 2 heterocycles. The van der Waals surface area contributed by atoms with Crippen molar-refractivity contribution in [1.82, 2.24) is 9.78 Å². The van der Waals surface area contributed by atoms with E-state index in [9.17, 15) is 4.79 Å². The van der Waals surface area contributed by atoms with Crippen molar-refractivity contribution in [2.45, 2.75) is 27.0 Å². The number of carbonyl (C=O) groups excluding carboxylic acids is 1.